The summed E-state index contributed by atoms with van der Waals surface area (Å²) in [6, 6.07) is -0.122. The van der Waals surface area contributed by atoms with Gasteiger partial charge in [0.1, 0.15) is 0 Å². The van der Waals surface area contributed by atoms with Crippen molar-refractivity contribution in [1.82, 2.24) is 10.2 Å². The zero-order chi connectivity index (χ0) is 13.5. The van der Waals surface area contributed by atoms with E-state index in [1.807, 2.05) is 4.90 Å². The first-order valence-corrected chi connectivity index (χ1v) is 6.08. The maximum Gasteiger partial charge on any atom is 0.310 e. The number of methoxy groups -OCH3 is 1. The van der Waals surface area contributed by atoms with Crippen LogP contribution in [0.15, 0.2) is 0 Å². The van der Waals surface area contributed by atoms with Crippen molar-refractivity contribution >= 4 is 5.97 Å². The second-order valence-electron chi connectivity index (χ2n) is 4.50. The average molecular weight is 265 g/mol. The number of rotatable bonds is 6. The van der Waals surface area contributed by atoms with Gasteiger partial charge in [0.2, 0.25) is 0 Å². The fraction of sp³-hybridized carbons (Fsp3) is 0.909. The topological polar surface area (TPSA) is 67.6 Å². The summed E-state index contributed by atoms with van der Waals surface area (Å²) in [6.45, 7) is 2.00. The summed E-state index contributed by atoms with van der Waals surface area (Å²) in [6.07, 6.45) is -1.85. The molecule has 5 nitrogen and oxygen atoms in total. The Morgan fingerprint density at radius 3 is 2.83 bits per heavy atom. The third kappa shape index (κ3) is 4.83. The van der Waals surface area contributed by atoms with Gasteiger partial charge in [0.05, 0.1) is 19.6 Å². The van der Waals surface area contributed by atoms with Crippen LogP contribution in [0.4, 0.5) is 8.78 Å². The summed E-state index contributed by atoms with van der Waals surface area (Å²) in [7, 11) is 1.34. The molecule has 0 aliphatic carbocycles. The summed E-state index contributed by atoms with van der Waals surface area (Å²) in [4.78, 5) is 13.6. The van der Waals surface area contributed by atoms with Crippen molar-refractivity contribution in [3.8, 4) is 0 Å². The van der Waals surface area contributed by atoms with Crippen molar-refractivity contribution in [3.05, 3.63) is 0 Å². The van der Waals surface area contributed by atoms with Crippen molar-refractivity contribution < 1.29 is 18.3 Å². The monoisotopic (exact) mass is 265 g/mol. The van der Waals surface area contributed by atoms with Crippen LogP contribution in [-0.4, -0.2) is 63.2 Å². The quantitative estimate of drug-likeness (QED) is 0.643. The first-order valence-electron chi connectivity index (χ1n) is 6.08. The van der Waals surface area contributed by atoms with Crippen molar-refractivity contribution in [2.24, 2.45) is 11.7 Å². The molecule has 1 saturated heterocycles. The van der Waals surface area contributed by atoms with Gasteiger partial charge in [0, 0.05) is 32.2 Å². The molecule has 18 heavy (non-hydrogen) atoms. The van der Waals surface area contributed by atoms with Crippen LogP contribution in [0, 0.1) is 5.92 Å². The number of nitrogens with one attached hydrogen (secondary N) is 1. The Bertz CT molecular complexity index is 267. The Labute approximate surface area is 106 Å². The van der Waals surface area contributed by atoms with E-state index in [0.29, 0.717) is 32.6 Å². The minimum atomic E-state index is -2.38. The van der Waals surface area contributed by atoms with Gasteiger partial charge in [-0.05, 0) is 6.42 Å². The molecule has 0 aromatic rings. The number of ether oxygens (including phenoxy) is 1. The lowest BCUT2D eigenvalue weighted by Gasteiger charge is -2.36. The molecular formula is C11H21F2N3O2. The number of hydrogen-bond donors (Lipinski definition) is 2. The minimum Gasteiger partial charge on any atom is -0.469 e. The predicted octanol–water partition coefficient (Wildman–Crippen LogP) is -0.337. The molecule has 7 heteroatoms. The molecule has 0 aromatic heterocycles. The van der Waals surface area contributed by atoms with E-state index < -0.39 is 6.43 Å². The van der Waals surface area contributed by atoms with Crippen LogP contribution in [0.1, 0.15) is 6.42 Å². The van der Waals surface area contributed by atoms with Crippen LogP contribution in [0.25, 0.3) is 0 Å². The Kier molecular flexibility index (Phi) is 6.45. The fourth-order valence-corrected chi connectivity index (χ4v) is 2.30. The maximum atomic E-state index is 12.2. The molecule has 1 aliphatic heterocycles. The van der Waals surface area contributed by atoms with Gasteiger partial charge in [-0.1, -0.05) is 0 Å². The molecule has 0 saturated carbocycles. The van der Waals surface area contributed by atoms with E-state index in [1.54, 1.807) is 0 Å². The number of likely N-dealkylation sites (tertiary alicyclic amines) is 1. The Balaban J connectivity index is 2.53. The molecule has 0 radical (unpaired) electrons. The van der Waals surface area contributed by atoms with E-state index in [9.17, 15) is 13.6 Å². The number of hydrogen-bond acceptors (Lipinski definition) is 5. The third-order valence-corrected chi connectivity index (χ3v) is 3.07. The van der Waals surface area contributed by atoms with Gasteiger partial charge in [-0.15, -0.1) is 0 Å². The predicted molar refractivity (Wildman–Crippen MR) is 63.4 cm³/mol. The number of halogens is 2. The highest BCUT2D eigenvalue weighted by Gasteiger charge is 2.31. The maximum absolute atomic E-state index is 12.2. The van der Waals surface area contributed by atoms with Gasteiger partial charge < -0.3 is 15.8 Å². The molecule has 0 amide bonds. The second kappa shape index (κ2) is 7.60. The third-order valence-electron chi connectivity index (χ3n) is 3.07. The fourth-order valence-electron chi connectivity index (χ4n) is 2.30. The summed E-state index contributed by atoms with van der Waals surface area (Å²) in [5, 5.41) is 2.78. The largest absolute Gasteiger partial charge is 0.469 e. The smallest absolute Gasteiger partial charge is 0.310 e. The molecule has 106 valence electrons. The van der Waals surface area contributed by atoms with Crippen LogP contribution in [0.3, 0.4) is 0 Å². The summed E-state index contributed by atoms with van der Waals surface area (Å²) >= 11 is 0. The first kappa shape index (κ1) is 15.3. The van der Waals surface area contributed by atoms with Gasteiger partial charge in [-0.25, -0.2) is 8.78 Å². The number of nitrogens with two attached hydrogens (primary N) is 1. The van der Waals surface area contributed by atoms with Crippen LogP contribution in [0.5, 0.6) is 0 Å². The summed E-state index contributed by atoms with van der Waals surface area (Å²) in [5.41, 5.74) is 5.48. The number of nitrogens with zero attached hydrogens (tertiary/aromatic N) is 1. The summed E-state index contributed by atoms with van der Waals surface area (Å²) < 4.78 is 29.1. The summed E-state index contributed by atoms with van der Waals surface area (Å²) in [5.74, 6) is -0.564. The molecule has 1 rings (SSSR count). The van der Waals surface area contributed by atoms with E-state index in [4.69, 9.17) is 10.5 Å². The van der Waals surface area contributed by atoms with Crippen molar-refractivity contribution in [2.45, 2.75) is 18.9 Å². The highest BCUT2D eigenvalue weighted by atomic mass is 19.3. The second-order valence-corrected chi connectivity index (χ2v) is 4.50. The molecule has 1 aliphatic rings. The molecule has 0 spiro atoms. The average Bonchev–Trinajstić information content (AvgIpc) is 2.35. The van der Waals surface area contributed by atoms with Crippen LogP contribution in [-0.2, 0) is 9.53 Å². The van der Waals surface area contributed by atoms with E-state index in [2.05, 4.69) is 5.32 Å². The molecule has 1 fully saturated rings. The first-order chi connectivity index (χ1) is 8.56. The van der Waals surface area contributed by atoms with E-state index in [1.165, 1.54) is 7.11 Å². The molecule has 2 unspecified atom stereocenters. The van der Waals surface area contributed by atoms with Gasteiger partial charge in [-0.3, -0.25) is 9.69 Å². The van der Waals surface area contributed by atoms with Gasteiger partial charge >= 0.3 is 5.97 Å². The van der Waals surface area contributed by atoms with Gasteiger partial charge in [0.15, 0.2) is 0 Å². The lowest BCUT2D eigenvalue weighted by atomic mass is 9.94. The molecule has 3 N–H and O–H groups in total. The Morgan fingerprint density at radius 2 is 2.28 bits per heavy atom. The molecule has 1 heterocycles. The normalized spacial score (nSPS) is 25.4. The Hall–Kier alpha value is -0.790. The van der Waals surface area contributed by atoms with Crippen molar-refractivity contribution in [2.75, 3.05) is 39.8 Å². The lowest BCUT2D eigenvalue weighted by Crippen LogP contribution is -2.52. The number of carbonyl (C=O) groups excluding carboxylic acids is 1. The standard InChI is InChI=1S/C11H21F2N3O2/c1-18-11(17)8-4-9(15-5-10(12)13)7-16(6-8)3-2-14/h8-10,15H,2-7,14H2,1H3. The SMILES string of the molecule is COC(=O)C1CC(NCC(F)F)CN(CCN)C1. The van der Waals surface area contributed by atoms with E-state index >= 15 is 0 Å². The van der Waals surface area contributed by atoms with Crippen molar-refractivity contribution in [1.29, 1.82) is 0 Å². The Morgan fingerprint density at radius 1 is 1.56 bits per heavy atom. The van der Waals surface area contributed by atoms with Gasteiger partial charge in [-0.2, -0.15) is 0 Å². The molecule has 0 bridgehead atoms. The zero-order valence-electron chi connectivity index (χ0n) is 10.6. The lowest BCUT2D eigenvalue weighted by molar-refractivity contribution is -0.147. The molecular weight excluding hydrogens is 244 g/mol. The van der Waals surface area contributed by atoms with Crippen molar-refractivity contribution in [3.63, 3.8) is 0 Å². The number of carbonyl (C=O) groups is 1. The minimum absolute atomic E-state index is 0.122. The zero-order valence-corrected chi connectivity index (χ0v) is 10.6. The van der Waals surface area contributed by atoms with Crippen LogP contribution < -0.4 is 11.1 Å². The highest BCUT2D eigenvalue weighted by Crippen LogP contribution is 2.18. The van der Waals surface area contributed by atoms with Gasteiger partial charge in [0.25, 0.3) is 6.43 Å². The van der Waals surface area contributed by atoms with E-state index in [0.717, 1.165) is 0 Å². The highest BCUT2D eigenvalue weighted by molar-refractivity contribution is 5.72. The number of piperidine rings is 1. The van der Waals surface area contributed by atoms with Crippen LogP contribution in [0.2, 0.25) is 0 Å². The molecule has 0 aromatic carbocycles. The van der Waals surface area contributed by atoms with E-state index in [-0.39, 0.29) is 24.5 Å². The number of alkyl halides is 2. The number of esters is 1. The van der Waals surface area contributed by atoms with Crippen LogP contribution >= 0.6 is 0 Å². The molecule has 2 atom stereocenters.